The van der Waals surface area contributed by atoms with Crippen molar-refractivity contribution in [2.45, 2.75) is 25.8 Å². The normalized spacial score (nSPS) is 11.7. The molecule has 0 saturated carbocycles. The number of aromatic nitrogens is 2. The topological polar surface area (TPSA) is 64.0 Å². The van der Waals surface area contributed by atoms with E-state index in [1.807, 2.05) is 73.7 Å². The Morgan fingerprint density at radius 3 is 2.25 bits per heavy atom. The summed E-state index contributed by atoms with van der Waals surface area (Å²) in [6.45, 7) is 1.85. The van der Waals surface area contributed by atoms with Crippen LogP contribution in [0, 0.1) is 6.92 Å². The van der Waals surface area contributed by atoms with Gasteiger partial charge in [0.25, 0.3) is 5.91 Å². The van der Waals surface area contributed by atoms with Crippen molar-refractivity contribution in [2.75, 3.05) is 0 Å². The molecule has 1 N–H and O–H groups in total. The van der Waals surface area contributed by atoms with Gasteiger partial charge >= 0.3 is 0 Å². The predicted molar refractivity (Wildman–Crippen MR) is 125 cm³/mol. The second kappa shape index (κ2) is 9.88. The van der Waals surface area contributed by atoms with Crippen LogP contribution in [-0.4, -0.2) is 28.0 Å². The van der Waals surface area contributed by atoms with Crippen LogP contribution >= 0.6 is 0 Å². The second-order valence-electron chi connectivity index (χ2n) is 7.82. The number of carbonyl (C=O) groups excluding carboxylic acids is 2. The molecule has 0 fully saturated rings. The smallest absolute Gasteiger partial charge is 0.270 e. The molecule has 4 rings (SSSR count). The van der Waals surface area contributed by atoms with E-state index in [1.54, 1.807) is 10.7 Å². The molecule has 32 heavy (non-hydrogen) atoms. The average molecular weight is 424 g/mol. The number of benzene rings is 3. The third-order valence-electron chi connectivity index (χ3n) is 5.25. The van der Waals surface area contributed by atoms with E-state index in [0.29, 0.717) is 12.1 Å². The number of carbonyl (C=O) groups is 2. The van der Waals surface area contributed by atoms with Gasteiger partial charge in [-0.1, -0.05) is 72.8 Å². The molecule has 3 aromatic carbocycles. The highest BCUT2D eigenvalue weighted by Crippen LogP contribution is 2.17. The van der Waals surface area contributed by atoms with E-state index >= 15 is 0 Å². The van der Waals surface area contributed by atoms with Crippen molar-refractivity contribution in [1.29, 1.82) is 0 Å². The van der Waals surface area contributed by atoms with Crippen molar-refractivity contribution in [3.8, 4) is 5.69 Å². The maximum Gasteiger partial charge on any atom is 0.270 e. The average Bonchev–Trinajstić information content (AvgIpc) is 3.22. The molecular formula is C27H25N3O2. The molecule has 5 nitrogen and oxygen atoms in total. The van der Waals surface area contributed by atoms with Gasteiger partial charge in [-0.15, -0.1) is 0 Å². The molecule has 160 valence electrons. The second-order valence-corrected chi connectivity index (χ2v) is 7.82. The van der Waals surface area contributed by atoms with Crippen molar-refractivity contribution in [2.24, 2.45) is 0 Å². The van der Waals surface area contributed by atoms with Gasteiger partial charge in [0.15, 0.2) is 0 Å². The van der Waals surface area contributed by atoms with E-state index in [2.05, 4.69) is 28.6 Å². The van der Waals surface area contributed by atoms with Gasteiger partial charge in [0.2, 0.25) is 0 Å². The van der Waals surface area contributed by atoms with E-state index in [1.165, 1.54) is 5.56 Å². The first-order valence-electron chi connectivity index (χ1n) is 10.6. The summed E-state index contributed by atoms with van der Waals surface area (Å²) in [4.78, 5) is 24.7. The molecule has 0 aliphatic carbocycles. The number of aryl methyl sites for hydroxylation is 1. The van der Waals surface area contributed by atoms with E-state index in [9.17, 15) is 9.59 Å². The van der Waals surface area contributed by atoms with E-state index in [-0.39, 0.29) is 5.91 Å². The molecule has 0 spiro atoms. The fourth-order valence-electron chi connectivity index (χ4n) is 3.73. The van der Waals surface area contributed by atoms with Crippen LogP contribution in [0.15, 0.2) is 91.0 Å². The van der Waals surface area contributed by atoms with Crippen LogP contribution in [-0.2, 0) is 17.6 Å². The summed E-state index contributed by atoms with van der Waals surface area (Å²) < 4.78 is 1.64. The molecule has 0 aliphatic heterocycles. The SMILES string of the molecule is Cc1cc(C(=O)NC(C=O)Cc2ccccc2)n(-c2cccc(Cc3ccccc3)c2)n1. The van der Waals surface area contributed by atoms with Crippen molar-refractivity contribution >= 4 is 12.2 Å². The quantitative estimate of drug-likeness (QED) is 0.430. The molecule has 0 bridgehead atoms. The summed E-state index contributed by atoms with van der Waals surface area (Å²) >= 11 is 0. The Morgan fingerprint density at radius 2 is 1.56 bits per heavy atom. The molecule has 4 aromatic rings. The maximum absolute atomic E-state index is 13.1. The maximum atomic E-state index is 13.1. The third kappa shape index (κ3) is 5.19. The summed E-state index contributed by atoms with van der Waals surface area (Å²) in [7, 11) is 0. The lowest BCUT2D eigenvalue weighted by molar-refractivity contribution is -0.109. The molecule has 1 aromatic heterocycles. The lowest BCUT2D eigenvalue weighted by Gasteiger charge is -2.14. The highest BCUT2D eigenvalue weighted by atomic mass is 16.2. The van der Waals surface area contributed by atoms with E-state index in [4.69, 9.17) is 0 Å². The zero-order valence-corrected chi connectivity index (χ0v) is 17.9. The number of aldehydes is 1. The Balaban J connectivity index is 1.55. The number of nitrogens with one attached hydrogen (secondary N) is 1. The monoisotopic (exact) mass is 423 g/mol. The largest absolute Gasteiger partial charge is 0.341 e. The van der Waals surface area contributed by atoms with Gasteiger partial charge in [-0.05, 0) is 54.7 Å². The van der Waals surface area contributed by atoms with Crippen LogP contribution in [0.4, 0.5) is 0 Å². The summed E-state index contributed by atoms with van der Waals surface area (Å²) in [6.07, 6.45) is 2.01. The van der Waals surface area contributed by atoms with Gasteiger partial charge in [0.1, 0.15) is 12.0 Å². The molecule has 1 unspecified atom stereocenters. The standard InChI is InChI=1S/C27H25N3O2/c1-20-15-26(27(32)28-24(19-31)17-22-11-6-3-7-12-22)30(29-20)25-14-8-13-23(18-25)16-21-9-4-2-5-10-21/h2-15,18-19,24H,16-17H2,1H3,(H,28,32). The predicted octanol–water partition coefficient (Wildman–Crippen LogP) is 4.31. The third-order valence-corrected chi connectivity index (χ3v) is 5.25. The Bertz CT molecular complexity index is 1200. The Morgan fingerprint density at radius 1 is 0.906 bits per heavy atom. The van der Waals surface area contributed by atoms with Crippen LogP contribution in [0.3, 0.4) is 0 Å². The summed E-state index contributed by atoms with van der Waals surface area (Å²) in [5, 5.41) is 7.38. The van der Waals surface area contributed by atoms with Gasteiger partial charge in [0, 0.05) is 0 Å². The first kappa shape index (κ1) is 21.2. The number of hydrogen-bond acceptors (Lipinski definition) is 3. The van der Waals surface area contributed by atoms with Crippen molar-refractivity contribution < 1.29 is 9.59 Å². The molecule has 1 atom stereocenters. The van der Waals surface area contributed by atoms with Gasteiger partial charge in [-0.2, -0.15) is 5.10 Å². The number of amides is 1. The number of nitrogens with zero attached hydrogens (tertiary/aromatic N) is 2. The minimum Gasteiger partial charge on any atom is -0.341 e. The first-order valence-corrected chi connectivity index (χ1v) is 10.6. The zero-order valence-electron chi connectivity index (χ0n) is 17.9. The van der Waals surface area contributed by atoms with Crippen molar-refractivity contribution in [1.82, 2.24) is 15.1 Å². The molecular weight excluding hydrogens is 398 g/mol. The summed E-state index contributed by atoms with van der Waals surface area (Å²) in [6, 6.07) is 29.0. The minimum atomic E-state index is -0.613. The van der Waals surface area contributed by atoms with Crippen LogP contribution < -0.4 is 5.32 Å². The molecule has 1 heterocycles. The fraction of sp³-hybridized carbons (Fsp3) is 0.148. The molecule has 0 radical (unpaired) electrons. The molecule has 0 saturated heterocycles. The molecule has 5 heteroatoms. The van der Waals surface area contributed by atoms with Gasteiger partial charge in [-0.25, -0.2) is 4.68 Å². The highest BCUT2D eigenvalue weighted by molar-refractivity contribution is 5.94. The van der Waals surface area contributed by atoms with E-state index < -0.39 is 6.04 Å². The van der Waals surface area contributed by atoms with Crippen molar-refractivity contribution in [3.63, 3.8) is 0 Å². The molecule has 0 aliphatic rings. The fourth-order valence-corrected chi connectivity index (χ4v) is 3.73. The number of rotatable bonds is 8. The lowest BCUT2D eigenvalue weighted by atomic mass is 10.0. The summed E-state index contributed by atoms with van der Waals surface area (Å²) in [5.41, 5.74) is 5.27. The minimum absolute atomic E-state index is 0.327. The van der Waals surface area contributed by atoms with Crippen LogP contribution in [0.5, 0.6) is 0 Å². The summed E-state index contributed by atoms with van der Waals surface area (Å²) in [5.74, 6) is -0.327. The van der Waals surface area contributed by atoms with Crippen LogP contribution in [0.2, 0.25) is 0 Å². The van der Waals surface area contributed by atoms with Gasteiger partial charge < -0.3 is 10.1 Å². The zero-order chi connectivity index (χ0) is 22.3. The van der Waals surface area contributed by atoms with Crippen LogP contribution in [0.25, 0.3) is 5.69 Å². The van der Waals surface area contributed by atoms with Gasteiger partial charge in [0.05, 0.1) is 17.4 Å². The Labute approximate surface area is 187 Å². The Kier molecular flexibility index (Phi) is 6.56. The van der Waals surface area contributed by atoms with Crippen LogP contribution in [0.1, 0.15) is 32.9 Å². The van der Waals surface area contributed by atoms with Crippen molar-refractivity contribution in [3.05, 3.63) is 119 Å². The van der Waals surface area contributed by atoms with Gasteiger partial charge in [-0.3, -0.25) is 4.79 Å². The lowest BCUT2D eigenvalue weighted by Crippen LogP contribution is -2.38. The highest BCUT2D eigenvalue weighted by Gasteiger charge is 2.19. The first-order chi connectivity index (χ1) is 15.6. The Hall–Kier alpha value is -3.99. The number of hydrogen-bond donors (Lipinski definition) is 1. The molecule has 1 amide bonds. The van der Waals surface area contributed by atoms with E-state index in [0.717, 1.165) is 35.2 Å².